The third kappa shape index (κ3) is 3.78. The predicted molar refractivity (Wildman–Crippen MR) is 89.5 cm³/mol. The van der Waals surface area contributed by atoms with Crippen molar-refractivity contribution in [3.8, 4) is 0 Å². The standard InChI is InChI=1S/C19H32O5/c1-3-4-5-23-17(20)18-9-15-8-16(10-18)12-19(11-15,13-18)24-14-22-7-6-21-2/h15-16H,3-14H2,1-2H3. The molecule has 0 spiro atoms. The Hall–Kier alpha value is -0.650. The fraction of sp³-hybridized carbons (Fsp3) is 0.947. The molecule has 4 bridgehead atoms. The van der Waals surface area contributed by atoms with E-state index >= 15 is 0 Å². The predicted octanol–water partition coefficient (Wildman–Crippen LogP) is 3.31. The van der Waals surface area contributed by atoms with Gasteiger partial charge in [-0.25, -0.2) is 0 Å². The molecule has 24 heavy (non-hydrogen) atoms. The molecule has 138 valence electrons. The van der Waals surface area contributed by atoms with E-state index in [1.54, 1.807) is 7.11 Å². The minimum atomic E-state index is -0.301. The molecule has 0 aliphatic heterocycles. The number of hydrogen-bond acceptors (Lipinski definition) is 5. The van der Waals surface area contributed by atoms with Gasteiger partial charge in [-0.3, -0.25) is 4.79 Å². The van der Waals surface area contributed by atoms with E-state index < -0.39 is 0 Å². The molecule has 0 N–H and O–H groups in total. The van der Waals surface area contributed by atoms with E-state index in [2.05, 4.69) is 6.92 Å². The van der Waals surface area contributed by atoms with E-state index in [1.807, 2.05) is 0 Å². The van der Waals surface area contributed by atoms with Crippen LogP contribution < -0.4 is 0 Å². The van der Waals surface area contributed by atoms with Gasteiger partial charge in [0.05, 0.1) is 30.8 Å². The zero-order chi connectivity index (χ0) is 17.0. The number of carbonyl (C=O) groups excluding carboxylic acids is 1. The molecule has 4 saturated carbocycles. The Kier molecular flexibility index (Phi) is 5.83. The lowest BCUT2D eigenvalue weighted by Crippen LogP contribution is -2.59. The highest BCUT2D eigenvalue weighted by Gasteiger charge is 2.62. The SMILES string of the molecule is CCCCOC(=O)C12CC3CC(CC(OCOCCOC)(C3)C1)C2. The summed E-state index contributed by atoms with van der Waals surface area (Å²) in [7, 11) is 1.66. The molecule has 0 saturated heterocycles. The van der Waals surface area contributed by atoms with Gasteiger partial charge in [-0.1, -0.05) is 13.3 Å². The molecule has 0 amide bonds. The van der Waals surface area contributed by atoms with Crippen LogP contribution in [0.2, 0.25) is 0 Å². The van der Waals surface area contributed by atoms with Crippen molar-refractivity contribution in [3.63, 3.8) is 0 Å². The van der Waals surface area contributed by atoms with E-state index in [1.165, 1.54) is 6.42 Å². The van der Waals surface area contributed by atoms with Crippen LogP contribution in [0.25, 0.3) is 0 Å². The first-order valence-corrected chi connectivity index (χ1v) is 9.49. The smallest absolute Gasteiger partial charge is 0.312 e. The van der Waals surface area contributed by atoms with E-state index in [0.29, 0.717) is 38.4 Å². The number of ether oxygens (including phenoxy) is 4. The van der Waals surface area contributed by atoms with Gasteiger partial charge in [0.2, 0.25) is 0 Å². The molecule has 4 fully saturated rings. The highest BCUT2D eigenvalue weighted by atomic mass is 16.7. The second-order valence-corrected chi connectivity index (χ2v) is 8.08. The largest absolute Gasteiger partial charge is 0.465 e. The minimum absolute atomic E-state index is 0.0262. The maximum Gasteiger partial charge on any atom is 0.312 e. The van der Waals surface area contributed by atoms with Gasteiger partial charge < -0.3 is 18.9 Å². The van der Waals surface area contributed by atoms with E-state index in [0.717, 1.165) is 44.9 Å². The molecule has 0 aromatic carbocycles. The van der Waals surface area contributed by atoms with Gasteiger partial charge >= 0.3 is 5.97 Å². The number of rotatable bonds is 10. The number of methoxy groups -OCH3 is 1. The van der Waals surface area contributed by atoms with E-state index in [-0.39, 0.29) is 17.0 Å². The zero-order valence-electron chi connectivity index (χ0n) is 15.2. The lowest BCUT2D eigenvalue weighted by atomic mass is 9.48. The first-order valence-electron chi connectivity index (χ1n) is 9.49. The normalized spacial score (nSPS) is 36.9. The average molecular weight is 340 g/mol. The summed E-state index contributed by atoms with van der Waals surface area (Å²) in [5.74, 6) is 1.23. The van der Waals surface area contributed by atoms with Gasteiger partial charge in [0.1, 0.15) is 6.79 Å². The van der Waals surface area contributed by atoms with Crippen LogP contribution >= 0.6 is 0 Å². The second-order valence-electron chi connectivity index (χ2n) is 8.08. The molecule has 5 heteroatoms. The van der Waals surface area contributed by atoms with Gasteiger partial charge in [0, 0.05) is 7.11 Å². The Morgan fingerprint density at radius 2 is 1.83 bits per heavy atom. The zero-order valence-corrected chi connectivity index (χ0v) is 15.2. The average Bonchev–Trinajstić information content (AvgIpc) is 2.53. The molecule has 2 unspecified atom stereocenters. The van der Waals surface area contributed by atoms with Crippen LogP contribution in [-0.4, -0.2) is 45.3 Å². The highest BCUT2D eigenvalue weighted by molar-refractivity contribution is 5.77. The highest BCUT2D eigenvalue weighted by Crippen LogP contribution is 2.63. The molecule has 4 aliphatic rings. The summed E-state index contributed by atoms with van der Waals surface area (Å²) < 4.78 is 22.3. The van der Waals surface area contributed by atoms with Crippen LogP contribution in [0.1, 0.15) is 58.3 Å². The quantitative estimate of drug-likeness (QED) is 0.347. The van der Waals surface area contributed by atoms with Crippen LogP contribution in [0.15, 0.2) is 0 Å². The van der Waals surface area contributed by atoms with Crippen molar-refractivity contribution in [3.05, 3.63) is 0 Å². The Morgan fingerprint density at radius 3 is 2.50 bits per heavy atom. The third-order valence-corrected chi connectivity index (χ3v) is 6.05. The van der Waals surface area contributed by atoms with Gasteiger partial charge in [-0.05, 0) is 56.8 Å². The summed E-state index contributed by atoms with van der Waals surface area (Å²) in [5, 5.41) is 0. The lowest BCUT2D eigenvalue weighted by molar-refractivity contribution is -0.235. The molecule has 0 radical (unpaired) electrons. The van der Waals surface area contributed by atoms with Crippen molar-refractivity contribution in [2.45, 2.75) is 63.9 Å². The van der Waals surface area contributed by atoms with Crippen molar-refractivity contribution in [1.29, 1.82) is 0 Å². The molecule has 0 aromatic rings. The molecule has 0 aromatic heterocycles. The summed E-state index contributed by atoms with van der Waals surface area (Å²) >= 11 is 0. The maximum absolute atomic E-state index is 12.8. The number of carbonyl (C=O) groups is 1. The molecule has 4 aliphatic carbocycles. The fourth-order valence-electron chi connectivity index (χ4n) is 5.42. The maximum atomic E-state index is 12.8. The molecule has 0 heterocycles. The third-order valence-electron chi connectivity index (χ3n) is 6.05. The monoisotopic (exact) mass is 340 g/mol. The van der Waals surface area contributed by atoms with E-state index in [9.17, 15) is 4.79 Å². The Bertz CT molecular complexity index is 421. The van der Waals surface area contributed by atoms with Crippen LogP contribution in [0, 0.1) is 17.3 Å². The number of esters is 1. The Morgan fingerprint density at radius 1 is 1.08 bits per heavy atom. The van der Waals surface area contributed by atoms with Gasteiger partial charge in [0.25, 0.3) is 0 Å². The summed E-state index contributed by atoms with van der Waals surface area (Å²) in [4.78, 5) is 12.8. The van der Waals surface area contributed by atoms with Gasteiger partial charge in [0.15, 0.2) is 0 Å². The summed E-state index contributed by atoms with van der Waals surface area (Å²) in [6.07, 6.45) is 8.18. The fourth-order valence-corrected chi connectivity index (χ4v) is 5.42. The summed E-state index contributed by atoms with van der Waals surface area (Å²) in [5.41, 5.74) is -0.481. The van der Waals surface area contributed by atoms with Crippen LogP contribution in [0.4, 0.5) is 0 Å². The Balaban J connectivity index is 1.60. The van der Waals surface area contributed by atoms with Crippen LogP contribution in [0.3, 0.4) is 0 Å². The summed E-state index contributed by atoms with van der Waals surface area (Å²) in [6, 6.07) is 0. The number of hydrogen-bond donors (Lipinski definition) is 0. The Labute approximate surface area is 145 Å². The van der Waals surface area contributed by atoms with Crippen molar-refractivity contribution in [2.75, 3.05) is 33.7 Å². The first-order chi connectivity index (χ1) is 11.6. The molecular weight excluding hydrogens is 308 g/mol. The van der Waals surface area contributed by atoms with Crippen molar-refractivity contribution in [2.24, 2.45) is 17.3 Å². The number of unbranched alkanes of at least 4 members (excludes halogenated alkanes) is 1. The van der Waals surface area contributed by atoms with Crippen LogP contribution in [-0.2, 0) is 23.7 Å². The lowest BCUT2D eigenvalue weighted by Gasteiger charge is -2.60. The molecule has 4 rings (SSSR count). The van der Waals surface area contributed by atoms with Crippen molar-refractivity contribution in [1.82, 2.24) is 0 Å². The van der Waals surface area contributed by atoms with Gasteiger partial charge in [-0.2, -0.15) is 0 Å². The first kappa shape index (κ1) is 18.2. The minimum Gasteiger partial charge on any atom is -0.465 e. The topological polar surface area (TPSA) is 54.0 Å². The van der Waals surface area contributed by atoms with Crippen molar-refractivity contribution < 1.29 is 23.7 Å². The summed E-state index contributed by atoms with van der Waals surface area (Å²) in [6.45, 7) is 4.09. The van der Waals surface area contributed by atoms with Crippen molar-refractivity contribution >= 4 is 5.97 Å². The molecule has 5 nitrogen and oxygen atoms in total. The van der Waals surface area contributed by atoms with Crippen LogP contribution in [0.5, 0.6) is 0 Å². The van der Waals surface area contributed by atoms with Gasteiger partial charge in [-0.15, -0.1) is 0 Å². The molecular formula is C19H32O5. The molecule has 2 atom stereocenters. The van der Waals surface area contributed by atoms with E-state index in [4.69, 9.17) is 18.9 Å². The second kappa shape index (κ2) is 7.71.